The average molecular weight is 432 g/mol. The number of sulfonamides is 1. The summed E-state index contributed by atoms with van der Waals surface area (Å²) in [7, 11) is 0.196. The maximum atomic E-state index is 12.9. The maximum Gasteiger partial charge on any atom is 0.241 e. The van der Waals surface area contributed by atoms with Gasteiger partial charge in [0, 0.05) is 13.1 Å². The van der Waals surface area contributed by atoms with Gasteiger partial charge in [-0.05, 0) is 56.6 Å². The van der Waals surface area contributed by atoms with Crippen molar-refractivity contribution < 1.29 is 13.2 Å². The molecule has 0 unspecified atom stereocenters. The fourth-order valence-corrected chi connectivity index (χ4v) is 4.39. The molecule has 0 heterocycles. The van der Waals surface area contributed by atoms with Gasteiger partial charge in [0.15, 0.2) is 0 Å². The lowest BCUT2D eigenvalue weighted by Crippen LogP contribution is -2.47. The first-order valence-electron chi connectivity index (χ1n) is 10.2. The third-order valence-electron chi connectivity index (χ3n) is 4.71. The van der Waals surface area contributed by atoms with E-state index in [1.807, 2.05) is 59.1 Å². The molecule has 2 aromatic rings. The Kier molecular flexibility index (Phi) is 8.58. The minimum absolute atomic E-state index is 0.155. The fraction of sp³-hybridized carbons (Fsp3) is 0.435. The third kappa shape index (κ3) is 7.23. The predicted molar refractivity (Wildman–Crippen MR) is 120 cm³/mol. The number of aryl methyl sites for hydroxylation is 1. The molecule has 1 atom stereocenters. The number of hydrogen-bond donors (Lipinski definition) is 2. The highest BCUT2D eigenvalue weighted by Crippen LogP contribution is 2.14. The standard InChI is InChI=1S/C23H33N3O3S/c1-17(2)14-22(25-30(28,29)21-12-10-18(3)11-13-21)23(27)24-15-19-8-6-7-9-20(19)16-26(4)5/h6-13,17,22,25H,14-16H2,1-5H3,(H,24,27)/t22-/m1/s1. The summed E-state index contributed by atoms with van der Waals surface area (Å²) in [6.07, 6.45) is 0.413. The summed E-state index contributed by atoms with van der Waals surface area (Å²) in [5.74, 6) is -0.165. The zero-order valence-electron chi connectivity index (χ0n) is 18.5. The van der Waals surface area contributed by atoms with Crippen LogP contribution in [0, 0.1) is 12.8 Å². The van der Waals surface area contributed by atoms with Gasteiger partial charge >= 0.3 is 0 Å². The van der Waals surface area contributed by atoms with Crippen molar-refractivity contribution >= 4 is 15.9 Å². The van der Waals surface area contributed by atoms with Crippen LogP contribution in [0.5, 0.6) is 0 Å². The molecule has 30 heavy (non-hydrogen) atoms. The molecule has 6 nitrogen and oxygen atoms in total. The molecule has 2 aromatic carbocycles. The van der Waals surface area contributed by atoms with Crippen molar-refractivity contribution in [1.82, 2.24) is 14.9 Å². The average Bonchev–Trinajstić information content (AvgIpc) is 2.66. The zero-order chi connectivity index (χ0) is 22.3. The SMILES string of the molecule is Cc1ccc(S(=O)(=O)N[C@H](CC(C)C)C(=O)NCc2ccccc2CN(C)C)cc1. The Bertz CT molecular complexity index is 938. The molecule has 0 aliphatic heterocycles. The molecule has 2 rings (SSSR count). The minimum Gasteiger partial charge on any atom is -0.351 e. The molecule has 7 heteroatoms. The lowest BCUT2D eigenvalue weighted by Gasteiger charge is -2.21. The Labute approximate surface area is 180 Å². The van der Waals surface area contributed by atoms with Gasteiger partial charge in [0.1, 0.15) is 6.04 Å². The van der Waals surface area contributed by atoms with Crippen molar-refractivity contribution in [3.63, 3.8) is 0 Å². The van der Waals surface area contributed by atoms with E-state index in [1.54, 1.807) is 24.3 Å². The van der Waals surface area contributed by atoms with E-state index in [1.165, 1.54) is 0 Å². The highest BCUT2D eigenvalue weighted by atomic mass is 32.2. The highest BCUT2D eigenvalue weighted by Gasteiger charge is 2.26. The number of nitrogens with zero attached hydrogens (tertiary/aromatic N) is 1. The maximum absolute atomic E-state index is 12.9. The first-order valence-corrected chi connectivity index (χ1v) is 11.6. The molecule has 164 valence electrons. The van der Waals surface area contributed by atoms with Gasteiger partial charge in [0.05, 0.1) is 4.90 Å². The lowest BCUT2D eigenvalue weighted by atomic mass is 10.0. The Balaban J connectivity index is 2.13. The van der Waals surface area contributed by atoms with Crippen LogP contribution in [0.3, 0.4) is 0 Å². The molecule has 0 aliphatic rings. The molecule has 0 saturated heterocycles. The first-order chi connectivity index (χ1) is 14.1. The van der Waals surface area contributed by atoms with Crippen LogP contribution in [0.1, 0.15) is 37.0 Å². The van der Waals surface area contributed by atoms with Crippen LogP contribution in [0.25, 0.3) is 0 Å². The molecule has 0 radical (unpaired) electrons. The third-order valence-corrected chi connectivity index (χ3v) is 6.20. The number of carbonyl (C=O) groups is 1. The molecule has 0 bridgehead atoms. The smallest absolute Gasteiger partial charge is 0.241 e. The molecule has 2 N–H and O–H groups in total. The normalized spacial score (nSPS) is 12.9. The second-order valence-corrected chi connectivity index (χ2v) is 10.1. The topological polar surface area (TPSA) is 78.5 Å². The summed E-state index contributed by atoms with van der Waals surface area (Å²) in [6.45, 7) is 6.94. The first kappa shape index (κ1) is 24.1. The van der Waals surface area contributed by atoms with Gasteiger partial charge in [-0.25, -0.2) is 8.42 Å². The van der Waals surface area contributed by atoms with Crippen molar-refractivity contribution in [1.29, 1.82) is 0 Å². The van der Waals surface area contributed by atoms with Crippen LogP contribution in [-0.2, 0) is 27.9 Å². The monoisotopic (exact) mass is 431 g/mol. The van der Waals surface area contributed by atoms with Crippen molar-refractivity contribution in [3.05, 3.63) is 65.2 Å². The van der Waals surface area contributed by atoms with E-state index >= 15 is 0 Å². The van der Waals surface area contributed by atoms with E-state index in [2.05, 4.69) is 14.9 Å². The summed E-state index contributed by atoms with van der Waals surface area (Å²) >= 11 is 0. The molecular weight excluding hydrogens is 398 g/mol. The van der Waals surface area contributed by atoms with Crippen molar-refractivity contribution in [3.8, 4) is 0 Å². The second kappa shape index (κ2) is 10.7. The Morgan fingerprint density at radius 1 is 1.00 bits per heavy atom. The predicted octanol–water partition coefficient (Wildman–Crippen LogP) is 3.07. The molecule has 0 fully saturated rings. The Morgan fingerprint density at radius 3 is 2.17 bits per heavy atom. The molecule has 1 amide bonds. The van der Waals surface area contributed by atoms with E-state index in [0.29, 0.717) is 13.0 Å². The minimum atomic E-state index is -3.79. The van der Waals surface area contributed by atoms with E-state index in [9.17, 15) is 13.2 Å². The van der Waals surface area contributed by atoms with Gasteiger partial charge in [-0.2, -0.15) is 4.72 Å². The number of carbonyl (C=O) groups excluding carboxylic acids is 1. The highest BCUT2D eigenvalue weighted by molar-refractivity contribution is 7.89. The van der Waals surface area contributed by atoms with Gasteiger partial charge in [0.2, 0.25) is 15.9 Å². The molecule has 0 spiro atoms. The van der Waals surface area contributed by atoms with Crippen LogP contribution in [0.2, 0.25) is 0 Å². The number of hydrogen-bond acceptors (Lipinski definition) is 4. The summed E-state index contributed by atoms with van der Waals surface area (Å²) in [6, 6.07) is 13.7. The number of nitrogens with one attached hydrogen (secondary N) is 2. The second-order valence-electron chi connectivity index (χ2n) is 8.34. The van der Waals surface area contributed by atoms with Crippen LogP contribution in [-0.4, -0.2) is 39.4 Å². The van der Waals surface area contributed by atoms with E-state index in [4.69, 9.17) is 0 Å². The molecule has 0 aromatic heterocycles. The largest absolute Gasteiger partial charge is 0.351 e. The molecular formula is C23H33N3O3S. The van der Waals surface area contributed by atoms with Gasteiger partial charge in [-0.15, -0.1) is 0 Å². The summed E-state index contributed by atoms with van der Waals surface area (Å²) in [5.41, 5.74) is 3.12. The number of rotatable bonds is 10. The van der Waals surface area contributed by atoms with Gasteiger partial charge < -0.3 is 10.2 Å². The van der Waals surface area contributed by atoms with E-state index in [-0.39, 0.29) is 16.7 Å². The van der Waals surface area contributed by atoms with Crippen molar-refractivity contribution in [2.45, 2.75) is 51.2 Å². The quantitative estimate of drug-likeness (QED) is 0.606. The summed E-state index contributed by atoms with van der Waals surface area (Å²) in [4.78, 5) is 15.1. The molecule has 0 saturated carbocycles. The van der Waals surface area contributed by atoms with Crippen LogP contribution in [0.4, 0.5) is 0 Å². The number of benzene rings is 2. The van der Waals surface area contributed by atoms with Gasteiger partial charge in [-0.1, -0.05) is 55.8 Å². The van der Waals surface area contributed by atoms with Crippen LogP contribution < -0.4 is 10.0 Å². The van der Waals surface area contributed by atoms with Crippen molar-refractivity contribution in [2.75, 3.05) is 14.1 Å². The van der Waals surface area contributed by atoms with Gasteiger partial charge in [0.25, 0.3) is 0 Å². The summed E-state index contributed by atoms with van der Waals surface area (Å²) < 4.78 is 28.2. The zero-order valence-corrected chi connectivity index (χ0v) is 19.3. The summed E-state index contributed by atoms with van der Waals surface area (Å²) in [5, 5.41) is 2.92. The Hall–Kier alpha value is -2.22. The van der Waals surface area contributed by atoms with Gasteiger partial charge in [-0.3, -0.25) is 4.79 Å². The van der Waals surface area contributed by atoms with Crippen molar-refractivity contribution in [2.24, 2.45) is 5.92 Å². The van der Waals surface area contributed by atoms with Crippen LogP contribution in [0.15, 0.2) is 53.4 Å². The Morgan fingerprint density at radius 2 is 1.60 bits per heavy atom. The lowest BCUT2D eigenvalue weighted by molar-refractivity contribution is -0.123. The number of amides is 1. The fourth-order valence-electron chi connectivity index (χ4n) is 3.18. The van der Waals surface area contributed by atoms with Crippen LogP contribution >= 0.6 is 0 Å². The van der Waals surface area contributed by atoms with E-state index in [0.717, 1.165) is 23.2 Å². The molecule has 0 aliphatic carbocycles. The van der Waals surface area contributed by atoms with E-state index < -0.39 is 16.1 Å².